The molecule has 1 aliphatic rings. The van der Waals surface area contributed by atoms with Crippen molar-refractivity contribution in [2.45, 2.75) is 26.2 Å². The van der Waals surface area contributed by atoms with Crippen LogP contribution in [-0.4, -0.2) is 15.9 Å². The zero-order valence-corrected chi connectivity index (χ0v) is 13.0. The van der Waals surface area contributed by atoms with E-state index in [4.69, 9.17) is 4.98 Å². The van der Waals surface area contributed by atoms with E-state index in [1.165, 1.54) is 11.3 Å². The molecule has 1 amide bonds. The molecule has 0 saturated carbocycles. The minimum atomic E-state index is -0.0777. The van der Waals surface area contributed by atoms with Gasteiger partial charge in [-0.3, -0.25) is 15.1 Å². The van der Waals surface area contributed by atoms with E-state index >= 15 is 0 Å². The summed E-state index contributed by atoms with van der Waals surface area (Å²) in [5.74, 6) is -0.0777. The van der Waals surface area contributed by atoms with Crippen LogP contribution in [0, 0.1) is 6.92 Å². The van der Waals surface area contributed by atoms with Gasteiger partial charge in [0.2, 0.25) is 0 Å². The minimum absolute atomic E-state index is 0.0777. The maximum absolute atomic E-state index is 12.8. The lowest BCUT2D eigenvalue weighted by atomic mass is 10.0. The number of aryl methyl sites for hydroxylation is 2. The van der Waals surface area contributed by atoms with Gasteiger partial charge >= 0.3 is 0 Å². The Balaban J connectivity index is 1.84. The topological polar surface area (TPSA) is 54.9 Å². The number of para-hydroxylation sites is 1. The number of fused-ring (bicyclic) bond motifs is 2. The summed E-state index contributed by atoms with van der Waals surface area (Å²) in [6.07, 6.45) is 4.72. The molecule has 0 unspecified atom stereocenters. The van der Waals surface area contributed by atoms with E-state index < -0.39 is 0 Å². The van der Waals surface area contributed by atoms with Gasteiger partial charge in [0.15, 0.2) is 5.13 Å². The van der Waals surface area contributed by atoms with Crippen molar-refractivity contribution in [2.75, 3.05) is 5.32 Å². The second-order valence-electron chi connectivity index (χ2n) is 5.51. The standard InChI is InChI=1S/C17H15N3OS/c1-10-9-18-17(22-10)20-16(21)15-11-5-2-3-7-13(11)19-14-8-4-6-12(14)15/h2-3,5,7,9H,4,6,8H2,1H3,(H,18,20,21). The Labute approximate surface area is 132 Å². The highest BCUT2D eigenvalue weighted by Gasteiger charge is 2.24. The molecule has 0 atom stereocenters. The van der Waals surface area contributed by atoms with Crippen molar-refractivity contribution >= 4 is 33.3 Å². The second kappa shape index (κ2) is 5.18. The SMILES string of the molecule is Cc1cnc(NC(=O)c2c3c(nc4ccccc24)CCC3)s1. The van der Waals surface area contributed by atoms with Crippen molar-refractivity contribution in [3.63, 3.8) is 0 Å². The van der Waals surface area contributed by atoms with Gasteiger partial charge in [0, 0.05) is 22.2 Å². The summed E-state index contributed by atoms with van der Waals surface area (Å²) in [6, 6.07) is 7.86. The summed E-state index contributed by atoms with van der Waals surface area (Å²) in [4.78, 5) is 22.9. The summed E-state index contributed by atoms with van der Waals surface area (Å²) in [5, 5.41) is 4.51. The van der Waals surface area contributed by atoms with Crippen LogP contribution in [0.5, 0.6) is 0 Å². The Morgan fingerprint density at radius 3 is 2.95 bits per heavy atom. The first-order valence-electron chi connectivity index (χ1n) is 7.36. The first-order valence-corrected chi connectivity index (χ1v) is 8.18. The van der Waals surface area contributed by atoms with Crippen LogP contribution in [0.25, 0.3) is 10.9 Å². The largest absolute Gasteiger partial charge is 0.298 e. The molecule has 0 radical (unpaired) electrons. The van der Waals surface area contributed by atoms with Crippen molar-refractivity contribution in [3.05, 3.63) is 52.2 Å². The van der Waals surface area contributed by atoms with Crippen LogP contribution in [0.3, 0.4) is 0 Å². The van der Waals surface area contributed by atoms with Crippen molar-refractivity contribution < 1.29 is 4.79 Å². The molecule has 110 valence electrons. The first-order chi connectivity index (χ1) is 10.7. The number of hydrogen-bond acceptors (Lipinski definition) is 4. The lowest BCUT2D eigenvalue weighted by Gasteiger charge is -2.11. The summed E-state index contributed by atoms with van der Waals surface area (Å²) in [6.45, 7) is 1.98. The van der Waals surface area contributed by atoms with Crippen LogP contribution in [0.4, 0.5) is 5.13 Å². The minimum Gasteiger partial charge on any atom is -0.298 e. The van der Waals surface area contributed by atoms with E-state index in [2.05, 4.69) is 10.3 Å². The molecule has 0 spiro atoms. The molecule has 0 aliphatic heterocycles. The number of benzene rings is 1. The van der Waals surface area contributed by atoms with Crippen molar-refractivity contribution in [1.29, 1.82) is 0 Å². The quantitative estimate of drug-likeness (QED) is 0.784. The van der Waals surface area contributed by atoms with Crippen molar-refractivity contribution in [2.24, 2.45) is 0 Å². The molecular formula is C17H15N3OS. The monoisotopic (exact) mass is 309 g/mol. The molecule has 1 aromatic carbocycles. The molecule has 4 rings (SSSR count). The summed E-state index contributed by atoms with van der Waals surface area (Å²) < 4.78 is 0. The lowest BCUT2D eigenvalue weighted by Crippen LogP contribution is -2.15. The molecule has 2 aromatic heterocycles. The normalized spacial score (nSPS) is 13.3. The number of nitrogens with zero attached hydrogens (tertiary/aromatic N) is 2. The molecule has 5 heteroatoms. The van der Waals surface area contributed by atoms with Crippen LogP contribution >= 0.6 is 11.3 Å². The van der Waals surface area contributed by atoms with Gasteiger partial charge in [-0.1, -0.05) is 18.2 Å². The smallest absolute Gasteiger partial charge is 0.258 e. The van der Waals surface area contributed by atoms with E-state index in [0.717, 1.165) is 51.9 Å². The van der Waals surface area contributed by atoms with Gasteiger partial charge in [-0.15, -0.1) is 11.3 Å². The van der Waals surface area contributed by atoms with Crippen LogP contribution in [0.15, 0.2) is 30.5 Å². The predicted molar refractivity (Wildman–Crippen MR) is 88.6 cm³/mol. The highest BCUT2D eigenvalue weighted by atomic mass is 32.1. The Hall–Kier alpha value is -2.27. The van der Waals surface area contributed by atoms with Gasteiger partial charge in [0.1, 0.15) is 0 Å². The number of rotatable bonds is 2. The van der Waals surface area contributed by atoms with Gasteiger partial charge in [-0.05, 0) is 37.8 Å². The fraction of sp³-hybridized carbons (Fsp3) is 0.235. The van der Waals surface area contributed by atoms with E-state index in [0.29, 0.717) is 5.13 Å². The zero-order chi connectivity index (χ0) is 15.1. The van der Waals surface area contributed by atoms with Crippen LogP contribution < -0.4 is 5.32 Å². The molecule has 2 heterocycles. The fourth-order valence-electron chi connectivity index (χ4n) is 3.04. The number of amides is 1. The molecule has 0 bridgehead atoms. The van der Waals surface area contributed by atoms with E-state index in [1.807, 2.05) is 31.2 Å². The molecule has 1 aliphatic carbocycles. The van der Waals surface area contributed by atoms with Crippen LogP contribution in [0.2, 0.25) is 0 Å². The third-order valence-corrected chi connectivity index (χ3v) is 4.82. The third-order valence-electron chi connectivity index (χ3n) is 3.99. The first kappa shape index (κ1) is 13.4. The molecule has 4 nitrogen and oxygen atoms in total. The lowest BCUT2D eigenvalue weighted by molar-refractivity contribution is 0.102. The molecule has 0 fully saturated rings. The van der Waals surface area contributed by atoms with E-state index in [1.54, 1.807) is 6.20 Å². The number of pyridine rings is 1. The van der Waals surface area contributed by atoms with Gasteiger partial charge in [-0.2, -0.15) is 0 Å². The fourth-order valence-corrected chi connectivity index (χ4v) is 3.70. The van der Waals surface area contributed by atoms with Gasteiger partial charge in [-0.25, -0.2) is 4.98 Å². The number of hydrogen-bond donors (Lipinski definition) is 1. The third kappa shape index (κ3) is 2.18. The van der Waals surface area contributed by atoms with Gasteiger partial charge < -0.3 is 0 Å². The Morgan fingerprint density at radius 2 is 2.14 bits per heavy atom. The Morgan fingerprint density at radius 1 is 1.27 bits per heavy atom. The highest BCUT2D eigenvalue weighted by molar-refractivity contribution is 7.15. The van der Waals surface area contributed by atoms with Crippen LogP contribution in [0.1, 0.15) is 32.9 Å². The maximum atomic E-state index is 12.8. The second-order valence-corrected chi connectivity index (χ2v) is 6.75. The van der Waals surface area contributed by atoms with Crippen molar-refractivity contribution in [3.8, 4) is 0 Å². The number of thiazole rings is 1. The maximum Gasteiger partial charge on any atom is 0.258 e. The zero-order valence-electron chi connectivity index (χ0n) is 12.2. The molecule has 3 aromatic rings. The average molecular weight is 309 g/mol. The number of aromatic nitrogens is 2. The average Bonchev–Trinajstić information content (AvgIpc) is 3.13. The number of carbonyl (C=O) groups excluding carboxylic acids is 1. The van der Waals surface area contributed by atoms with Crippen LogP contribution in [-0.2, 0) is 12.8 Å². The predicted octanol–water partition coefficient (Wildman–Crippen LogP) is 3.74. The van der Waals surface area contributed by atoms with Gasteiger partial charge in [0.25, 0.3) is 5.91 Å². The summed E-state index contributed by atoms with van der Waals surface area (Å²) >= 11 is 1.49. The molecule has 0 saturated heterocycles. The molecule has 22 heavy (non-hydrogen) atoms. The van der Waals surface area contributed by atoms with E-state index in [9.17, 15) is 4.79 Å². The molecule has 1 N–H and O–H groups in total. The van der Waals surface area contributed by atoms with E-state index in [-0.39, 0.29) is 5.91 Å². The number of nitrogens with one attached hydrogen (secondary N) is 1. The molecular weight excluding hydrogens is 294 g/mol. The van der Waals surface area contributed by atoms with Gasteiger partial charge in [0.05, 0.1) is 11.1 Å². The Kier molecular flexibility index (Phi) is 3.15. The Bertz CT molecular complexity index is 885. The number of anilines is 1. The summed E-state index contributed by atoms with van der Waals surface area (Å²) in [5.41, 5.74) is 3.83. The summed E-state index contributed by atoms with van der Waals surface area (Å²) in [7, 11) is 0. The highest BCUT2D eigenvalue weighted by Crippen LogP contribution is 2.30. The van der Waals surface area contributed by atoms with Crippen molar-refractivity contribution in [1.82, 2.24) is 9.97 Å². The number of carbonyl (C=O) groups is 1.